The van der Waals surface area contributed by atoms with Crippen LogP contribution in [-0.4, -0.2) is 46.8 Å². The van der Waals surface area contributed by atoms with Gasteiger partial charge in [0.1, 0.15) is 17.8 Å². The van der Waals surface area contributed by atoms with Gasteiger partial charge in [-0.3, -0.25) is 14.4 Å². The number of fused-ring (bicyclic) bond motifs is 7. The van der Waals surface area contributed by atoms with Gasteiger partial charge in [0.2, 0.25) is 11.8 Å². The number of hydrogen-bond donors (Lipinski definition) is 3. The highest BCUT2D eigenvalue weighted by molar-refractivity contribution is 6.04. The SMILES string of the molecule is COc1ccccc1CNC(=O)[C@H](C)NC(=O)[C@@H]1Cc2c([nH]c3ccccc23)[C@@H]2c3ccccc3C(=O)N21. The lowest BCUT2D eigenvalue weighted by Crippen LogP contribution is -2.55. The second kappa shape index (κ2) is 9.37. The van der Waals surface area contributed by atoms with Gasteiger partial charge in [-0.2, -0.15) is 0 Å². The summed E-state index contributed by atoms with van der Waals surface area (Å²) in [7, 11) is 1.58. The van der Waals surface area contributed by atoms with E-state index in [2.05, 4.69) is 15.6 Å². The van der Waals surface area contributed by atoms with Gasteiger partial charge in [0.15, 0.2) is 0 Å². The predicted molar refractivity (Wildman–Crippen MR) is 143 cm³/mol. The Bertz CT molecular complexity index is 1580. The molecule has 3 heterocycles. The molecule has 2 aliphatic rings. The largest absolute Gasteiger partial charge is 0.496 e. The van der Waals surface area contributed by atoms with Gasteiger partial charge >= 0.3 is 0 Å². The lowest BCUT2D eigenvalue weighted by molar-refractivity contribution is -0.131. The van der Waals surface area contributed by atoms with Gasteiger partial charge in [-0.05, 0) is 36.2 Å². The van der Waals surface area contributed by atoms with Gasteiger partial charge in [0.25, 0.3) is 5.91 Å². The van der Waals surface area contributed by atoms with E-state index < -0.39 is 12.1 Å². The third-order valence-electron chi connectivity index (χ3n) is 7.55. The van der Waals surface area contributed by atoms with Crippen molar-refractivity contribution in [1.82, 2.24) is 20.5 Å². The molecule has 3 aromatic carbocycles. The fraction of sp³-hybridized carbons (Fsp3) is 0.233. The highest BCUT2D eigenvalue weighted by atomic mass is 16.5. The summed E-state index contributed by atoms with van der Waals surface area (Å²) in [5, 5.41) is 6.77. The van der Waals surface area contributed by atoms with Gasteiger partial charge < -0.3 is 25.3 Å². The van der Waals surface area contributed by atoms with Crippen LogP contribution in [0.4, 0.5) is 0 Å². The first-order chi connectivity index (χ1) is 18.5. The molecule has 0 unspecified atom stereocenters. The minimum atomic E-state index is -0.792. The summed E-state index contributed by atoms with van der Waals surface area (Å²) in [6.45, 7) is 1.92. The molecule has 38 heavy (non-hydrogen) atoms. The molecule has 3 amide bonds. The Morgan fingerprint density at radius 2 is 1.79 bits per heavy atom. The Balaban J connectivity index is 1.26. The topological polar surface area (TPSA) is 104 Å². The number of para-hydroxylation sites is 2. The van der Waals surface area contributed by atoms with Crippen LogP contribution >= 0.6 is 0 Å². The molecular weight excluding hydrogens is 480 g/mol. The molecule has 0 fully saturated rings. The van der Waals surface area contributed by atoms with E-state index in [1.807, 2.05) is 66.7 Å². The van der Waals surface area contributed by atoms with Crippen LogP contribution in [0.2, 0.25) is 0 Å². The zero-order valence-corrected chi connectivity index (χ0v) is 21.2. The van der Waals surface area contributed by atoms with Crippen LogP contribution in [0, 0.1) is 0 Å². The van der Waals surface area contributed by atoms with E-state index in [0.29, 0.717) is 17.7 Å². The number of aromatic amines is 1. The molecule has 8 heteroatoms. The summed E-state index contributed by atoms with van der Waals surface area (Å²) in [6, 6.07) is 21.0. The molecule has 4 aromatic rings. The molecule has 2 aliphatic heterocycles. The number of nitrogens with one attached hydrogen (secondary N) is 3. The van der Waals surface area contributed by atoms with Crippen molar-refractivity contribution in [3.05, 3.63) is 101 Å². The number of benzene rings is 3. The Labute approximate surface area is 220 Å². The third-order valence-corrected chi connectivity index (χ3v) is 7.55. The first-order valence-corrected chi connectivity index (χ1v) is 12.7. The minimum Gasteiger partial charge on any atom is -0.496 e. The second-order valence-corrected chi connectivity index (χ2v) is 9.74. The average Bonchev–Trinajstić information content (AvgIpc) is 3.46. The Morgan fingerprint density at radius 3 is 2.63 bits per heavy atom. The molecule has 0 spiro atoms. The van der Waals surface area contributed by atoms with Crippen molar-refractivity contribution >= 4 is 28.6 Å². The normalized spacial score (nSPS) is 18.4. The zero-order chi connectivity index (χ0) is 26.4. The minimum absolute atomic E-state index is 0.177. The number of ether oxygens (including phenoxy) is 1. The molecule has 0 saturated heterocycles. The van der Waals surface area contributed by atoms with Crippen molar-refractivity contribution in [2.24, 2.45) is 0 Å². The second-order valence-electron chi connectivity index (χ2n) is 9.74. The van der Waals surface area contributed by atoms with Crippen LogP contribution in [0.5, 0.6) is 5.75 Å². The smallest absolute Gasteiger partial charge is 0.255 e. The fourth-order valence-electron chi connectivity index (χ4n) is 5.70. The Kier molecular flexibility index (Phi) is 5.87. The van der Waals surface area contributed by atoms with E-state index in [1.165, 1.54) is 0 Å². The van der Waals surface area contributed by atoms with Gasteiger partial charge in [-0.25, -0.2) is 0 Å². The number of amides is 3. The summed E-state index contributed by atoms with van der Waals surface area (Å²) in [6.07, 6.45) is 0.358. The summed E-state index contributed by atoms with van der Waals surface area (Å²) in [5.74, 6) is -0.171. The number of hydrogen-bond acceptors (Lipinski definition) is 4. The molecule has 0 saturated carbocycles. The molecule has 192 valence electrons. The quantitative estimate of drug-likeness (QED) is 0.371. The van der Waals surface area contributed by atoms with E-state index in [1.54, 1.807) is 25.0 Å². The first-order valence-electron chi connectivity index (χ1n) is 12.7. The molecule has 1 aromatic heterocycles. The molecule has 3 N–H and O–H groups in total. The van der Waals surface area contributed by atoms with E-state index in [4.69, 9.17) is 4.74 Å². The maximum Gasteiger partial charge on any atom is 0.255 e. The van der Waals surface area contributed by atoms with Crippen molar-refractivity contribution in [1.29, 1.82) is 0 Å². The van der Waals surface area contributed by atoms with Crippen molar-refractivity contribution in [2.75, 3.05) is 7.11 Å². The van der Waals surface area contributed by atoms with E-state index >= 15 is 0 Å². The number of aromatic nitrogens is 1. The average molecular weight is 509 g/mol. The predicted octanol–water partition coefficient (Wildman–Crippen LogP) is 3.47. The number of H-pyrrole nitrogens is 1. The molecule has 0 radical (unpaired) electrons. The first kappa shape index (κ1) is 23.8. The molecule has 3 atom stereocenters. The molecule has 0 aliphatic carbocycles. The van der Waals surface area contributed by atoms with E-state index in [-0.39, 0.29) is 30.3 Å². The highest BCUT2D eigenvalue weighted by Crippen LogP contribution is 2.46. The lowest BCUT2D eigenvalue weighted by atomic mass is 9.90. The van der Waals surface area contributed by atoms with Crippen molar-refractivity contribution in [3.8, 4) is 5.75 Å². The maximum absolute atomic E-state index is 13.7. The summed E-state index contributed by atoms with van der Waals surface area (Å²) in [4.78, 5) is 45.3. The fourth-order valence-corrected chi connectivity index (χ4v) is 5.70. The van der Waals surface area contributed by atoms with Crippen LogP contribution in [-0.2, 0) is 22.6 Å². The maximum atomic E-state index is 13.7. The third kappa shape index (κ3) is 3.80. The monoisotopic (exact) mass is 508 g/mol. The van der Waals surface area contributed by atoms with Gasteiger partial charge in [-0.1, -0.05) is 54.6 Å². The summed E-state index contributed by atoms with van der Waals surface area (Å²) >= 11 is 0. The van der Waals surface area contributed by atoms with Gasteiger partial charge in [0, 0.05) is 40.7 Å². The summed E-state index contributed by atoms with van der Waals surface area (Å²) < 4.78 is 5.35. The molecule has 6 rings (SSSR count). The van der Waals surface area contributed by atoms with Crippen molar-refractivity contribution < 1.29 is 19.1 Å². The van der Waals surface area contributed by atoms with Gasteiger partial charge in [-0.15, -0.1) is 0 Å². The van der Waals surface area contributed by atoms with E-state index in [9.17, 15) is 14.4 Å². The van der Waals surface area contributed by atoms with Crippen LogP contribution in [0.1, 0.15) is 45.7 Å². The number of carbonyl (C=O) groups is 3. The molecule has 8 nitrogen and oxygen atoms in total. The number of rotatable bonds is 6. The van der Waals surface area contributed by atoms with Crippen LogP contribution in [0.3, 0.4) is 0 Å². The van der Waals surface area contributed by atoms with Crippen LogP contribution in [0.25, 0.3) is 10.9 Å². The molecule has 0 bridgehead atoms. The number of methoxy groups -OCH3 is 1. The number of carbonyl (C=O) groups excluding carboxylic acids is 3. The van der Waals surface area contributed by atoms with Crippen LogP contribution < -0.4 is 15.4 Å². The number of nitrogens with zero attached hydrogens (tertiary/aromatic N) is 1. The van der Waals surface area contributed by atoms with Crippen LogP contribution in [0.15, 0.2) is 72.8 Å². The van der Waals surface area contributed by atoms with Crippen molar-refractivity contribution in [2.45, 2.75) is 38.0 Å². The van der Waals surface area contributed by atoms with Gasteiger partial charge in [0.05, 0.1) is 13.2 Å². The van der Waals surface area contributed by atoms with Crippen molar-refractivity contribution in [3.63, 3.8) is 0 Å². The van der Waals surface area contributed by atoms with E-state index in [0.717, 1.165) is 33.3 Å². The standard InChI is InChI=1S/C30H28N4O4/c1-17(28(35)31-16-18-9-3-8-14-25(18)38-2)32-29(36)24-15-22-19-10-6-7-13-23(19)33-26(22)27-20-11-4-5-12-21(20)30(37)34(24)27/h3-14,17,24,27,33H,15-16H2,1-2H3,(H,31,35)(H,32,36)/t17-,24-,27-/m0/s1. The highest BCUT2D eigenvalue weighted by Gasteiger charge is 2.49. The lowest BCUT2D eigenvalue weighted by Gasteiger charge is -2.37. The zero-order valence-electron chi connectivity index (χ0n) is 21.2. The molecular formula is C30H28N4O4. The summed E-state index contributed by atoms with van der Waals surface area (Å²) in [5.41, 5.74) is 5.26. The Morgan fingerprint density at radius 1 is 1.05 bits per heavy atom. The Hall–Kier alpha value is -4.59.